The molecule has 4 rings (SSSR count). The van der Waals surface area contributed by atoms with Crippen LogP contribution in [0.25, 0.3) is 16.4 Å². The SMILES string of the molecule is C=C(N=Cc1c(N)n2nc(C(F)(F)F)cc2c2[nH]c(=O)c(C(=O)O)cc12)Nc1ccc(F)c(Cl)c1. The summed E-state index contributed by atoms with van der Waals surface area (Å²) in [6, 6.07) is 5.41. The summed E-state index contributed by atoms with van der Waals surface area (Å²) >= 11 is 5.73. The number of carboxylic acids is 1. The number of nitrogen functional groups attached to an aromatic ring is 1. The highest BCUT2D eigenvalue weighted by atomic mass is 35.5. The average Bonchev–Trinajstić information content (AvgIpc) is 3.23. The Labute approximate surface area is 197 Å². The predicted molar refractivity (Wildman–Crippen MR) is 121 cm³/mol. The molecule has 0 saturated carbocycles. The van der Waals surface area contributed by atoms with Crippen LogP contribution in [-0.2, 0) is 6.18 Å². The number of hydrogen-bond acceptors (Lipinski definition) is 6. The Hall–Kier alpha value is -4.39. The first kappa shape index (κ1) is 23.8. The maximum absolute atomic E-state index is 13.3. The molecule has 4 aromatic rings. The van der Waals surface area contributed by atoms with Gasteiger partial charge >= 0.3 is 12.1 Å². The topological polar surface area (TPSA) is 138 Å². The second-order valence-electron chi connectivity index (χ2n) is 7.19. The number of benzene rings is 1. The van der Waals surface area contributed by atoms with Gasteiger partial charge < -0.3 is 21.1 Å². The van der Waals surface area contributed by atoms with Crippen LogP contribution in [0.1, 0.15) is 21.6 Å². The summed E-state index contributed by atoms with van der Waals surface area (Å²) in [5.74, 6) is -2.51. The normalized spacial score (nSPS) is 12.0. The fraction of sp³-hybridized carbons (Fsp3) is 0.0476. The highest BCUT2D eigenvalue weighted by Gasteiger charge is 2.35. The Morgan fingerprint density at radius 3 is 2.66 bits per heavy atom. The Morgan fingerprint density at radius 1 is 1.31 bits per heavy atom. The third-order valence-electron chi connectivity index (χ3n) is 4.88. The van der Waals surface area contributed by atoms with E-state index >= 15 is 0 Å². The molecule has 0 radical (unpaired) electrons. The second-order valence-corrected chi connectivity index (χ2v) is 7.60. The molecule has 35 heavy (non-hydrogen) atoms. The third kappa shape index (κ3) is 4.40. The molecule has 0 amide bonds. The average molecular weight is 509 g/mol. The number of pyridine rings is 2. The molecule has 180 valence electrons. The summed E-state index contributed by atoms with van der Waals surface area (Å²) in [7, 11) is 0. The molecule has 0 unspecified atom stereocenters. The Kier molecular flexibility index (Phi) is 5.72. The van der Waals surface area contributed by atoms with Crippen LogP contribution in [0.3, 0.4) is 0 Å². The minimum Gasteiger partial charge on any atom is -0.477 e. The van der Waals surface area contributed by atoms with E-state index < -0.39 is 34.8 Å². The third-order valence-corrected chi connectivity index (χ3v) is 5.17. The van der Waals surface area contributed by atoms with E-state index in [9.17, 15) is 32.3 Å². The maximum atomic E-state index is 13.3. The first-order chi connectivity index (χ1) is 16.4. The summed E-state index contributed by atoms with van der Waals surface area (Å²) in [4.78, 5) is 30.0. The zero-order chi connectivity index (χ0) is 25.7. The molecule has 3 aromatic heterocycles. The van der Waals surface area contributed by atoms with Crippen molar-refractivity contribution in [1.82, 2.24) is 14.6 Å². The van der Waals surface area contributed by atoms with E-state index in [1.807, 2.05) is 0 Å². The number of nitrogens with two attached hydrogens (primary N) is 1. The van der Waals surface area contributed by atoms with Gasteiger partial charge in [0.05, 0.1) is 16.1 Å². The number of H-pyrrole nitrogens is 1. The molecule has 14 heteroatoms. The minimum absolute atomic E-state index is 0.000324. The fourth-order valence-corrected chi connectivity index (χ4v) is 3.47. The largest absolute Gasteiger partial charge is 0.477 e. The zero-order valence-corrected chi connectivity index (χ0v) is 18.0. The van der Waals surface area contributed by atoms with E-state index in [0.717, 1.165) is 22.9 Å². The van der Waals surface area contributed by atoms with Crippen LogP contribution in [-0.4, -0.2) is 31.9 Å². The number of halogens is 5. The maximum Gasteiger partial charge on any atom is 0.435 e. The Balaban J connectivity index is 1.88. The van der Waals surface area contributed by atoms with E-state index in [4.69, 9.17) is 17.3 Å². The van der Waals surface area contributed by atoms with Gasteiger partial charge in [-0.2, -0.15) is 18.3 Å². The lowest BCUT2D eigenvalue weighted by molar-refractivity contribution is -0.141. The number of fused-ring (bicyclic) bond motifs is 3. The number of carboxylic acid groups (broad SMARTS) is 1. The first-order valence-electron chi connectivity index (χ1n) is 9.50. The van der Waals surface area contributed by atoms with Gasteiger partial charge in [-0.05, 0) is 30.3 Å². The monoisotopic (exact) mass is 508 g/mol. The molecule has 1 aromatic carbocycles. The number of rotatable bonds is 5. The summed E-state index contributed by atoms with van der Waals surface area (Å²) in [6.45, 7) is 3.68. The van der Waals surface area contributed by atoms with E-state index in [1.54, 1.807) is 0 Å². The van der Waals surface area contributed by atoms with Crippen LogP contribution in [0.15, 0.2) is 52.5 Å². The van der Waals surface area contributed by atoms with Crippen LogP contribution in [0, 0.1) is 5.82 Å². The number of anilines is 2. The Bertz CT molecular complexity index is 1620. The van der Waals surface area contributed by atoms with Gasteiger partial charge in [0.1, 0.15) is 23.0 Å². The molecule has 5 N–H and O–H groups in total. The molecule has 0 aliphatic carbocycles. The lowest BCUT2D eigenvalue weighted by Gasteiger charge is -2.11. The zero-order valence-electron chi connectivity index (χ0n) is 17.2. The molecule has 0 atom stereocenters. The van der Waals surface area contributed by atoms with Crippen LogP contribution in [0.4, 0.5) is 29.1 Å². The molecule has 9 nitrogen and oxygen atoms in total. The van der Waals surface area contributed by atoms with Crippen molar-refractivity contribution in [2.75, 3.05) is 11.1 Å². The summed E-state index contributed by atoms with van der Waals surface area (Å²) in [5, 5.41) is 15.4. The first-order valence-corrected chi connectivity index (χ1v) is 9.88. The molecule has 0 saturated heterocycles. The number of aromatic nitrogens is 3. The standard InChI is InChI=1S/C21H13ClF4N6O3/c1-8(29-9-2-3-14(23)13(22)4-9)28-7-12-10-5-11(20(34)35)19(33)30-17(10)15-6-16(21(24,25)26)31-32(15)18(12)27/h2-7,29H,1,27H2,(H,30,33)(H,34,35). The Morgan fingerprint density at radius 2 is 2.03 bits per heavy atom. The number of nitrogens with one attached hydrogen (secondary N) is 2. The van der Waals surface area contributed by atoms with Gasteiger partial charge in [0.15, 0.2) is 5.69 Å². The van der Waals surface area contributed by atoms with Crippen molar-refractivity contribution in [2.45, 2.75) is 6.18 Å². The van der Waals surface area contributed by atoms with E-state index in [2.05, 4.69) is 27.0 Å². The van der Waals surface area contributed by atoms with Crippen molar-refractivity contribution < 1.29 is 27.5 Å². The fourth-order valence-electron chi connectivity index (χ4n) is 3.29. The van der Waals surface area contributed by atoms with E-state index in [1.165, 1.54) is 12.1 Å². The van der Waals surface area contributed by atoms with Gasteiger partial charge in [-0.25, -0.2) is 18.7 Å². The summed E-state index contributed by atoms with van der Waals surface area (Å²) in [5.41, 5.74) is 3.07. The van der Waals surface area contributed by atoms with Crippen LogP contribution < -0.4 is 16.6 Å². The number of aromatic carboxylic acids is 1. The smallest absolute Gasteiger partial charge is 0.435 e. The van der Waals surface area contributed by atoms with Gasteiger partial charge in [-0.1, -0.05) is 18.2 Å². The van der Waals surface area contributed by atoms with Crippen molar-refractivity contribution in [3.8, 4) is 0 Å². The van der Waals surface area contributed by atoms with Gasteiger partial charge in [0, 0.05) is 22.9 Å². The molecular weight excluding hydrogens is 496 g/mol. The van der Waals surface area contributed by atoms with Crippen LogP contribution in [0.2, 0.25) is 5.02 Å². The van der Waals surface area contributed by atoms with Crippen LogP contribution >= 0.6 is 11.6 Å². The minimum atomic E-state index is -4.81. The number of aromatic amines is 1. The molecule has 0 aliphatic heterocycles. The van der Waals surface area contributed by atoms with Crippen LogP contribution in [0.5, 0.6) is 0 Å². The molecule has 0 spiro atoms. The van der Waals surface area contributed by atoms with Crippen molar-refractivity contribution in [3.05, 3.63) is 80.7 Å². The lowest BCUT2D eigenvalue weighted by Crippen LogP contribution is -2.18. The van der Waals surface area contributed by atoms with Crippen molar-refractivity contribution in [3.63, 3.8) is 0 Å². The van der Waals surface area contributed by atoms with Gasteiger partial charge in [-0.15, -0.1) is 0 Å². The number of alkyl halides is 3. The lowest BCUT2D eigenvalue weighted by atomic mass is 10.1. The number of hydrogen-bond donors (Lipinski definition) is 4. The van der Waals surface area contributed by atoms with Gasteiger partial charge in [0.2, 0.25) is 0 Å². The highest BCUT2D eigenvalue weighted by molar-refractivity contribution is 6.31. The molecule has 0 aliphatic rings. The van der Waals surface area contributed by atoms with Crippen molar-refractivity contribution in [2.24, 2.45) is 4.99 Å². The van der Waals surface area contributed by atoms with E-state index in [0.29, 0.717) is 11.8 Å². The molecule has 3 heterocycles. The van der Waals surface area contributed by atoms with Gasteiger partial charge in [-0.3, -0.25) is 4.79 Å². The van der Waals surface area contributed by atoms with Crippen molar-refractivity contribution in [1.29, 1.82) is 0 Å². The quantitative estimate of drug-likeness (QED) is 0.235. The van der Waals surface area contributed by atoms with E-state index in [-0.39, 0.29) is 38.6 Å². The highest BCUT2D eigenvalue weighted by Crippen LogP contribution is 2.33. The molecular formula is C21H13ClF4N6O3. The molecule has 0 bridgehead atoms. The number of carbonyl (C=O) groups is 1. The number of aliphatic imine (C=N–C) groups is 1. The van der Waals surface area contributed by atoms with Crippen molar-refractivity contribution >= 4 is 51.7 Å². The van der Waals surface area contributed by atoms with Gasteiger partial charge in [0.25, 0.3) is 5.56 Å². The predicted octanol–water partition coefficient (Wildman–Crippen LogP) is 4.27. The second kappa shape index (κ2) is 8.43. The molecule has 0 fully saturated rings. The summed E-state index contributed by atoms with van der Waals surface area (Å²) < 4.78 is 53.9. The summed E-state index contributed by atoms with van der Waals surface area (Å²) in [6.07, 6.45) is -3.70. The number of nitrogens with zero attached hydrogens (tertiary/aromatic N) is 3.